The van der Waals surface area contributed by atoms with Crippen LogP contribution >= 0.6 is 0 Å². The molecule has 1 aliphatic heterocycles. The van der Waals surface area contributed by atoms with Gasteiger partial charge in [0.2, 0.25) is 5.91 Å². The van der Waals surface area contributed by atoms with Gasteiger partial charge >= 0.3 is 0 Å². The third kappa shape index (κ3) is 4.30. The largest absolute Gasteiger partial charge is 0.382 e. The van der Waals surface area contributed by atoms with Crippen molar-refractivity contribution in [3.8, 4) is 0 Å². The fraction of sp³-hybridized carbons (Fsp3) is 0.294. The monoisotopic (exact) mass is 341 g/mol. The van der Waals surface area contributed by atoms with Crippen molar-refractivity contribution in [1.82, 2.24) is 14.9 Å². The molecule has 1 aliphatic rings. The summed E-state index contributed by atoms with van der Waals surface area (Å²) in [6.45, 7) is 2.43. The fourth-order valence-electron chi connectivity index (χ4n) is 2.52. The summed E-state index contributed by atoms with van der Waals surface area (Å²) in [5, 5.41) is 2.71. The minimum absolute atomic E-state index is 0.0763. The molecule has 8 nitrogen and oxygen atoms in total. The molecule has 2 aromatic rings. The van der Waals surface area contributed by atoms with Gasteiger partial charge < -0.3 is 20.7 Å². The van der Waals surface area contributed by atoms with Crippen molar-refractivity contribution in [2.75, 3.05) is 37.4 Å². The molecule has 0 radical (unpaired) electrons. The highest BCUT2D eigenvalue weighted by molar-refractivity contribution is 6.05. The van der Waals surface area contributed by atoms with E-state index in [-0.39, 0.29) is 17.4 Å². The van der Waals surface area contributed by atoms with Gasteiger partial charge in [-0.1, -0.05) is 12.1 Å². The van der Waals surface area contributed by atoms with Crippen LogP contribution in [0.2, 0.25) is 0 Å². The van der Waals surface area contributed by atoms with E-state index in [1.165, 1.54) is 12.4 Å². The van der Waals surface area contributed by atoms with Crippen molar-refractivity contribution in [3.05, 3.63) is 47.9 Å². The standard InChI is InChI=1S/C17H19N5O3/c18-16-15(19-5-6-20-16)17(24)21-13-3-1-12(2-4-13)11-14(23)22-7-9-25-10-8-22/h1-6H,7-11H2,(H2,18,20)(H,21,24). The molecular formula is C17H19N5O3. The highest BCUT2D eigenvalue weighted by Crippen LogP contribution is 2.13. The van der Waals surface area contributed by atoms with Gasteiger partial charge in [-0.05, 0) is 17.7 Å². The number of carbonyl (C=O) groups excluding carboxylic acids is 2. The van der Waals surface area contributed by atoms with Gasteiger partial charge in [0.25, 0.3) is 5.91 Å². The molecule has 1 aromatic carbocycles. The van der Waals surface area contributed by atoms with Gasteiger partial charge in [0, 0.05) is 31.2 Å². The zero-order valence-electron chi connectivity index (χ0n) is 13.6. The van der Waals surface area contributed by atoms with Gasteiger partial charge in [-0.15, -0.1) is 0 Å². The summed E-state index contributed by atoms with van der Waals surface area (Å²) in [5.41, 5.74) is 7.20. The molecular weight excluding hydrogens is 322 g/mol. The first-order chi connectivity index (χ1) is 12.1. The molecule has 0 spiro atoms. The minimum Gasteiger partial charge on any atom is -0.382 e. The Morgan fingerprint density at radius 1 is 1.12 bits per heavy atom. The molecule has 8 heteroatoms. The Labute approximate surface area is 145 Å². The molecule has 1 aromatic heterocycles. The second kappa shape index (κ2) is 7.71. The van der Waals surface area contributed by atoms with Crippen molar-refractivity contribution in [3.63, 3.8) is 0 Å². The highest BCUT2D eigenvalue weighted by atomic mass is 16.5. The summed E-state index contributed by atoms with van der Waals surface area (Å²) in [7, 11) is 0. The number of carbonyl (C=O) groups is 2. The molecule has 3 rings (SSSR count). The number of nitrogens with one attached hydrogen (secondary N) is 1. The molecule has 0 atom stereocenters. The van der Waals surface area contributed by atoms with Gasteiger partial charge in [0.05, 0.1) is 19.6 Å². The number of anilines is 2. The lowest BCUT2D eigenvalue weighted by Gasteiger charge is -2.26. The Balaban J connectivity index is 1.59. The SMILES string of the molecule is Nc1nccnc1C(=O)Nc1ccc(CC(=O)N2CCOCC2)cc1. The molecule has 130 valence electrons. The predicted octanol–water partition coefficient (Wildman–Crippen LogP) is 0.712. The van der Waals surface area contributed by atoms with Crippen LogP contribution in [-0.2, 0) is 16.0 Å². The second-order valence-corrected chi connectivity index (χ2v) is 5.61. The summed E-state index contributed by atoms with van der Waals surface area (Å²) >= 11 is 0. The highest BCUT2D eigenvalue weighted by Gasteiger charge is 2.17. The summed E-state index contributed by atoms with van der Waals surface area (Å²) in [6.07, 6.45) is 3.16. The van der Waals surface area contributed by atoms with Gasteiger partial charge in [0.1, 0.15) is 0 Å². The first-order valence-corrected chi connectivity index (χ1v) is 7.96. The number of benzene rings is 1. The number of ether oxygens (including phenoxy) is 1. The second-order valence-electron chi connectivity index (χ2n) is 5.61. The van der Waals surface area contributed by atoms with Crippen molar-refractivity contribution in [2.45, 2.75) is 6.42 Å². The molecule has 3 N–H and O–H groups in total. The molecule has 0 bridgehead atoms. The van der Waals surface area contributed by atoms with E-state index in [1.54, 1.807) is 17.0 Å². The number of nitrogens with two attached hydrogens (primary N) is 1. The van der Waals surface area contributed by atoms with Crippen LogP contribution in [0.3, 0.4) is 0 Å². The van der Waals surface area contributed by atoms with Crippen LogP contribution in [0.25, 0.3) is 0 Å². The summed E-state index contributed by atoms with van der Waals surface area (Å²) < 4.78 is 5.25. The Morgan fingerprint density at radius 2 is 1.80 bits per heavy atom. The van der Waals surface area contributed by atoms with Crippen molar-refractivity contribution in [2.24, 2.45) is 0 Å². The average Bonchev–Trinajstić information content (AvgIpc) is 2.64. The van der Waals surface area contributed by atoms with E-state index in [0.29, 0.717) is 38.4 Å². The van der Waals surface area contributed by atoms with Crippen molar-refractivity contribution in [1.29, 1.82) is 0 Å². The van der Waals surface area contributed by atoms with E-state index >= 15 is 0 Å². The Bertz CT molecular complexity index is 757. The molecule has 2 heterocycles. The number of amides is 2. The van der Waals surface area contributed by atoms with Crippen LogP contribution in [0.15, 0.2) is 36.7 Å². The summed E-state index contributed by atoms with van der Waals surface area (Å²) in [6, 6.07) is 7.11. The lowest BCUT2D eigenvalue weighted by molar-refractivity contribution is -0.134. The first-order valence-electron chi connectivity index (χ1n) is 7.96. The van der Waals surface area contributed by atoms with Crippen LogP contribution < -0.4 is 11.1 Å². The Kier molecular flexibility index (Phi) is 5.20. The first kappa shape index (κ1) is 16.8. The zero-order valence-corrected chi connectivity index (χ0v) is 13.6. The number of hydrogen-bond acceptors (Lipinski definition) is 6. The van der Waals surface area contributed by atoms with Gasteiger partial charge in [-0.2, -0.15) is 0 Å². The van der Waals surface area contributed by atoms with E-state index in [1.807, 2.05) is 12.1 Å². The van der Waals surface area contributed by atoms with Crippen LogP contribution in [0.1, 0.15) is 16.1 Å². The molecule has 0 saturated carbocycles. The van der Waals surface area contributed by atoms with E-state index in [9.17, 15) is 9.59 Å². The number of hydrogen-bond donors (Lipinski definition) is 2. The van der Waals surface area contributed by atoms with E-state index in [4.69, 9.17) is 10.5 Å². The fourth-order valence-corrected chi connectivity index (χ4v) is 2.52. The molecule has 1 saturated heterocycles. The predicted molar refractivity (Wildman–Crippen MR) is 91.9 cm³/mol. The molecule has 0 unspecified atom stereocenters. The normalized spacial score (nSPS) is 14.2. The van der Waals surface area contributed by atoms with E-state index in [2.05, 4.69) is 15.3 Å². The smallest absolute Gasteiger partial charge is 0.278 e. The van der Waals surface area contributed by atoms with E-state index in [0.717, 1.165) is 5.56 Å². The van der Waals surface area contributed by atoms with E-state index < -0.39 is 5.91 Å². The summed E-state index contributed by atoms with van der Waals surface area (Å²) in [5.74, 6) is -0.275. The third-order valence-electron chi connectivity index (χ3n) is 3.87. The number of aromatic nitrogens is 2. The maximum atomic E-state index is 12.2. The van der Waals surface area contributed by atoms with Crippen LogP contribution in [0.5, 0.6) is 0 Å². The lowest BCUT2D eigenvalue weighted by atomic mass is 10.1. The Hall–Kier alpha value is -3.00. The lowest BCUT2D eigenvalue weighted by Crippen LogP contribution is -2.41. The van der Waals surface area contributed by atoms with Crippen molar-refractivity contribution >= 4 is 23.3 Å². The van der Waals surface area contributed by atoms with Crippen LogP contribution in [-0.4, -0.2) is 53.0 Å². The minimum atomic E-state index is -0.428. The van der Waals surface area contributed by atoms with Crippen LogP contribution in [0, 0.1) is 0 Å². The number of nitrogen functional groups attached to an aromatic ring is 1. The van der Waals surface area contributed by atoms with Gasteiger partial charge in [0.15, 0.2) is 11.5 Å². The van der Waals surface area contributed by atoms with Gasteiger partial charge in [-0.3, -0.25) is 9.59 Å². The van der Waals surface area contributed by atoms with Gasteiger partial charge in [-0.25, -0.2) is 9.97 Å². The number of morpholine rings is 1. The third-order valence-corrected chi connectivity index (χ3v) is 3.87. The Morgan fingerprint density at radius 3 is 2.48 bits per heavy atom. The molecule has 2 amide bonds. The van der Waals surface area contributed by atoms with Crippen LogP contribution in [0.4, 0.5) is 11.5 Å². The number of nitrogens with zero attached hydrogens (tertiary/aromatic N) is 3. The molecule has 0 aliphatic carbocycles. The quantitative estimate of drug-likeness (QED) is 0.847. The van der Waals surface area contributed by atoms with Crippen molar-refractivity contribution < 1.29 is 14.3 Å². The average molecular weight is 341 g/mol. The topological polar surface area (TPSA) is 110 Å². The number of rotatable bonds is 4. The maximum absolute atomic E-state index is 12.2. The summed E-state index contributed by atoms with van der Waals surface area (Å²) in [4.78, 5) is 33.9. The molecule has 25 heavy (non-hydrogen) atoms. The molecule has 1 fully saturated rings. The maximum Gasteiger partial charge on any atom is 0.278 e. The zero-order chi connectivity index (χ0) is 17.6.